The van der Waals surface area contributed by atoms with Crippen LogP contribution in [0.2, 0.25) is 5.28 Å². The minimum Gasteiger partial charge on any atom is -0.378 e. The Labute approximate surface area is 150 Å². The number of nitrogens with zero attached hydrogens (tertiary/aromatic N) is 3. The molecule has 2 aromatic heterocycles. The Hall–Kier alpha value is -1.69. The van der Waals surface area contributed by atoms with Crippen molar-refractivity contribution in [2.45, 2.75) is 13.8 Å². The third-order valence-electron chi connectivity index (χ3n) is 4.33. The van der Waals surface area contributed by atoms with Gasteiger partial charge in [-0.3, -0.25) is 0 Å². The van der Waals surface area contributed by atoms with Crippen LogP contribution in [0, 0.1) is 13.8 Å². The van der Waals surface area contributed by atoms with Crippen molar-refractivity contribution < 1.29 is 4.74 Å². The zero-order valence-corrected chi connectivity index (χ0v) is 15.2. The lowest BCUT2D eigenvalue weighted by atomic mass is 10.0. The number of anilines is 1. The van der Waals surface area contributed by atoms with Crippen LogP contribution in [0.25, 0.3) is 21.3 Å². The fourth-order valence-corrected chi connectivity index (χ4v) is 4.39. The first-order valence-corrected chi connectivity index (χ1v) is 9.19. The average Bonchev–Trinajstić information content (AvgIpc) is 2.91. The molecule has 0 N–H and O–H groups in total. The van der Waals surface area contributed by atoms with Crippen LogP contribution in [0.3, 0.4) is 0 Å². The number of benzene rings is 1. The highest BCUT2D eigenvalue weighted by Crippen LogP contribution is 2.42. The van der Waals surface area contributed by atoms with Gasteiger partial charge >= 0.3 is 0 Å². The van der Waals surface area contributed by atoms with Gasteiger partial charge in [-0.2, -0.15) is 4.98 Å². The van der Waals surface area contributed by atoms with Crippen LogP contribution < -0.4 is 4.90 Å². The van der Waals surface area contributed by atoms with E-state index in [-0.39, 0.29) is 0 Å². The number of hydrogen-bond donors (Lipinski definition) is 0. The Balaban J connectivity index is 1.96. The molecule has 3 heterocycles. The van der Waals surface area contributed by atoms with E-state index in [4.69, 9.17) is 16.3 Å². The molecule has 124 valence electrons. The number of aromatic nitrogens is 2. The van der Waals surface area contributed by atoms with Gasteiger partial charge in [-0.25, -0.2) is 4.98 Å². The summed E-state index contributed by atoms with van der Waals surface area (Å²) < 4.78 is 5.48. The second kappa shape index (κ2) is 6.31. The summed E-state index contributed by atoms with van der Waals surface area (Å²) in [5, 5.41) is 1.41. The number of fused-ring (bicyclic) bond motifs is 1. The maximum absolute atomic E-state index is 6.20. The van der Waals surface area contributed by atoms with E-state index in [1.807, 2.05) is 0 Å². The van der Waals surface area contributed by atoms with Crippen LogP contribution in [0.15, 0.2) is 24.3 Å². The first-order chi connectivity index (χ1) is 11.6. The summed E-state index contributed by atoms with van der Waals surface area (Å²) in [4.78, 5) is 13.5. The van der Waals surface area contributed by atoms with Crippen molar-refractivity contribution in [1.82, 2.24) is 9.97 Å². The van der Waals surface area contributed by atoms with Gasteiger partial charge in [0.05, 0.1) is 18.6 Å². The number of halogens is 1. The van der Waals surface area contributed by atoms with Crippen molar-refractivity contribution in [2.75, 3.05) is 31.2 Å². The molecular formula is C18H18ClN3OS. The molecule has 1 aliphatic heterocycles. The fourth-order valence-electron chi connectivity index (χ4n) is 3.14. The fraction of sp³-hybridized carbons (Fsp3) is 0.333. The van der Waals surface area contributed by atoms with Crippen molar-refractivity contribution in [2.24, 2.45) is 0 Å². The lowest BCUT2D eigenvalue weighted by Gasteiger charge is -2.28. The van der Waals surface area contributed by atoms with Crippen molar-refractivity contribution in [3.05, 3.63) is 40.0 Å². The van der Waals surface area contributed by atoms with E-state index in [2.05, 4.69) is 53.0 Å². The molecule has 1 aliphatic rings. The standard InChI is InChI=1S/C18H18ClN3OS/c1-11-3-5-13(6-4-11)14-12(2)24-17-15(14)16(20-18(19)21-17)22-7-9-23-10-8-22/h3-6H,7-10H2,1-2H3. The van der Waals surface area contributed by atoms with Gasteiger partial charge in [0.2, 0.25) is 5.28 Å². The van der Waals surface area contributed by atoms with Crippen LogP contribution in [-0.4, -0.2) is 36.3 Å². The lowest BCUT2D eigenvalue weighted by molar-refractivity contribution is 0.122. The maximum atomic E-state index is 6.20. The van der Waals surface area contributed by atoms with Gasteiger partial charge in [0.15, 0.2) is 0 Å². The Kier molecular flexibility index (Phi) is 4.16. The van der Waals surface area contributed by atoms with Crippen LogP contribution >= 0.6 is 22.9 Å². The van der Waals surface area contributed by atoms with Crippen LogP contribution in [0.4, 0.5) is 5.82 Å². The Morgan fingerprint density at radius 1 is 1.08 bits per heavy atom. The first kappa shape index (κ1) is 15.8. The first-order valence-electron chi connectivity index (χ1n) is 8.00. The number of thiophene rings is 1. The molecule has 24 heavy (non-hydrogen) atoms. The van der Waals surface area contributed by atoms with E-state index in [0.717, 1.165) is 29.1 Å². The molecule has 0 bridgehead atoms. The van der Waals surface area contributed by atoms with E-state index in [1.165, 1.54) is 21.6 Å². The van der Waals surface area contributed by atoms with Gasteiger partial charge in [-0.05, 0) is 31.0 Å². The molecule has 1 fully saturated rings. The molecular weight excluding hydrogens is 342 g/mol. The topological polar surface area (TPSA) is 38.2 Å². The third kappa shape index (κ3) is 2.77. The summed E-state index contributed by atoms with van der Waals surface area (Å²) in [7, 11) is 0. The monoisotopic (exact) mass is 359 g/mol. The van der Waals surface area contributed by atoms with Crippen molar-refractivity contribution in [3.63, 3.8) is 0 Å². The lowest BCUT2D eigenvalue weighted by Crippen LogP contribution is -2.37. The summed E-state index contributed by atoms with van der Waals surface area (Å²) in [6.45, 7) is 7.32. The SMILES string of the molecule is Cc1ccc(-c2c(C)sc3nc(Cl)nc(N4CCOCC4)c23)cc1. The van der Waals surface area contributed by atoms with Crippen molar-refractivity contribution in [1.29, 1.82) is 0 Å². The molecule has 6 heteroatoms. The van der Waals surface area contributed by atoms with E-state index in [1.54, 1.807) is 11.3 Å². The predicted octanol–water partition coefficient (Wildman–Crippen LogP) is 4.47. The predicted molar refractivity (Wildman–Crippen MR) is 100 cm³/mol. The van der Waals surface area contributed by atoms with Gasteiger partial charge in [-0.15, -0.1) is 11.3 Å². The zero-order chi connectivity index (χ0) is 16.7. The molecule has 3 aromatic rings. The van der Waals surface area contributed by atoms with Crippen molar-refractivity contribution >= 4 is 39.0 Å². The second-order valence-electron chi connectivity index (χ2n) is 6.00. The molecule has 0 radical (unpaired) electrons. The van der Waals surface area contributed by atoms with E-state index < -0.39 is 0 Å². The van der Waals surface area contributed by atoms with Gasteiger partial charge < -0.3 is 9.64 Å². The molecule has 0 saturated carbocycles. The van der Waals surface area contributed by atoms with Gasteiger partial charge in [0.1, 0.15) is 10.6 Å². The summed E-state index contributed by atoms with van der Waals surface area (Å²) in [6, 6.07) is 8.62. The minimum atomic E-state index is 0.306. The van der Waals surface area contributed by atoms with E-state index in [0.29, 0.717) is 18.5 Å². The molecule has 0 unspecified atom stereocenters. The van der Waals surface area contributed by atoms with Gasteiger partial charge in [0.25, 0.3) is 0 Å². The largest absolute Gasteiger partial charge is 0.378 e. The highest BCUT2D eigenvalue weighted by molar-refractivity contribution is 7.19. The van der Waals surface area contributed by atoms with Crippen LogP contribution in [-0.2, 0) is 4.74 Å². The molecule has 1 aromatic carbocycles. The number of morpholine rings is 1. The molecule has 4 nitrogen and oxygen atoms in total. The summed E-state index contributed by atoms with van der Waals surface area (Å²) in [6.07, 6.45) is 0. The van der Waals surface area contributed by atoms with E-state index in [9.17, 15) is 0 Å². The normalized spacial score (nSPS) is 15.2. The quantitative estimate of drug-likeness (QED) is 0.633. The molecule has 0 amide bonds. The summed E-state index contributed by atoms with van der Waals surface area (Å²) >= 11 is 7.87. The molecule has 0 spiro atoms. The highest BCUT2D eigenvalue weighted by Gasteiger charge is 2.22. The number of aryl methyl sites for hydroxylation is 2. The Morgan fingerprint density at radius 2 is 1.79 bits per heavy atom. The smallest absolute Gasteiger partial charge is 0.225 e. The third-order valence-corrected chi connectivity index (χ3v) is 5.50. The second-order valence-corrected chi connectivity index (χ2v) is 7.54. The van der Waals surface area contributed by atoms with Crippen LogP contribution in [0.1, 0.15) is 10.4 Å². The summed E-state index contributed by atoms with van der Waals surface area (Å²) in [5.74, 6) is 0.924. The van der Waals surface area contributed by atoms with Crippen molar-refractivity contribution in [3.8, 4) is 11.1 Å². The maximum Gasteiger partial charge on any atom is 0.225 e. The highest BCUT2D eigenvalue weighted by atomic mass is 35.5. The molecule has 4 rings (SSSR count). The number of ether oxygens (including phenoxy) is 1. The Morgan fingerprint density at radius 3 is 2.50 bits per heavy atom. The Bertz CT molecular complexity index is 885. The zero-order valence-electron chi connectivity index (χ0n) is 13.7. The summed E-state index contributed by atoms with van der Waals surface area (Å²) in [5.41, 5.74) is 3.67. The minimum absolute atomic E-state index is 0.306. The molecule has 0 aliphatic carbocycles. The van der Waals surface area contributed by atoms with Crippen LogP contribution in [0.5, 0.6) is 0 Å². The number of hydrogen-bond acceptors (Lipinski definition) is 5. The van der Waals surface area contributed by atoms with E-state index >= 15 is 0 Å². The van der Waals surface area contributed by atoms with Gasteiger partial charge in [-0.1, -0.05) is 29.8 Å². The van der Waals surface area contributed by atoms with Gasteiger partial charge in [0, 0.05) is 23.5 Å². The average molecular weight is 360 g/mol. The molecule has 0 atom stereocenters. The number of rotatable bonds is 2. The molecule has 1 saturated heterocycles.